The first-order valence-corrected chi connectivity index (χ1v) is 5.03. The smallest absolute Gasteiger partial charge is 0.241 e. The minimum atomic E-state index is -3.60. The lowest BCUT2D eigenvalue weighted by molar-refractivity contribution is 0.531. The Hall–Kier alpha value is -0.880. The monoisotopic (exact) mass is 189 g/mol. The van der Waals surface area contributed by atoms with Crippen LogP contribution >= 0.6 is 0 Å². The Morgan fingerprint density at radius 2 is 2.17 bits per heavy atom. The molecule has 1 rings (SSSR count). The number of sulfonamides is 1. The van der Waals surface area contributed by atoms with Gasteiger partial charge < -0.3 is 0 Å². The van der Waals surface area contributed by atoms with Crippen LogP contribution in [0.25, 0.3) is 0 Å². The van der Waals surface area contributed by atoms with E-state index in [1.807, 2.05) is 13.8 Å². The number of aromatic nitrogens is 2. The molecule has 1 aromatic rings. The van der Waals surface area contributed by atoms with Crippen molar-refractivity contribution in [2.45, 2.75) is 24.8 Å². The van der Waals surface area contributed by atoms with Gasteiger partial charge in [0.2, 0.25) is 10.0 Å². The molecule has 0 saturated heterocycles. The second kappa shape index (κ2) is 2.87. The van der Waals surface area contributed by atoms with Crippen LogP contribution < -0.4 is 5.14 Å². The second-order valence-corrected chi connectivity index (χ2v) is 4.36. The van der Waals surface area contributed by atoms with Crippen molar-refractivity contribution in [3.63, 3.8) is 0 Å². The van der Waals surface area contributed by atoms with E-state index in [9.17, 15) is 8.42 Å². The molecule has 5 nitrogen and oxygen atoms in total. The van der Waals surface area contributed by atoms with Crippen LogP contribution in [-0.2, 0) is 10.0 Å². The fourth-order valence-corrected chi connectivity index (χ4v) is 1.20. The largest absolute Gasteiger partial charge is 0.269 e. The molecule has 0 aliphatic carbocycles. The third-order valence-electron chi connectivity index (χ3n) is 1.44. The van der Waals surface area contributed by atoms with Crippen LogP contribution in [-0.4, -0.2) is 18.2 Å². The topological polar surface area (TPSA) is 78.0 Å². The highest BCUT2D eigenvalue weighted by Crippen LogP contribution is 2.08. The highest BCUT2D eigenvalue weighted by molar-refractivity contribution is 7.89. The molecule has 6 heteroatoms. The molecule has 68 valence electrons. The lowest BCUT2D eigenvalue weighted by atomic mass is 10.4. The molecule has 0 saturated carbocycles. The Balaban J connectivity index is 3.09. The molecule has 0 aliphatic rings. The van der Waals surface area contributed by atoms with Gasteiger partial charge in [-0.25, -0.2) is 13.6 Å². The van der Waals surface area contributed by atoms with E-state index >= 15 is 0 Å². The quantitative estimate of drug-likeness (QED) is 0.717. The van der Waals surface area contributed by atoms with E-state index in [1.54, 1.807) is 4.68 Å². The fourth-order valence-electron chi connectivity index (χ4n) is 0.750. The summed E-state index contributed by atoms with van der Waals surface area (Å²) in [6.07, 6.45) is 2.66. The van der Waals surface area contributed by atoms with Crippen LogP contribution in [0.5, 0.6) is 0 Å². The summed E-state index contributed by atoms with van der Waals surface area (Å²) < 4.78 is 23.1. The van der Waals surface area contributed by atoms with Crippen molar-refractivity contribution >= 4 is 10.0 Å². The van der Waals surface area contributed by atoms with Crippen LogP contribution in [0.15, 0.2) is 17.3 Å². The number of primary sulfonamides is 1. The molecule has 0 radical (unpaired) electrons. The Bertz CT molecular complexity index is 366. The van der Waals surface area contributed by atoms with Gasteiger partial charge in [0.15, 0.2) is 0 Å². The number of nitrogens with zero attached hydrogens (tertiary/aromatic N) is 2. The summed E-state index contributed by atoms with van der Waals surface area (Å²) in [5, 5.41) is 8.73. The highest BCUT2D eigenvalue weighted by atomic mass is 32.2. The zero-order chi connectivity index (χ0) is 9.35. The van der Waals surface area contributed by atoms with Crippen molar-refractivity contribution in [3.8, 4) is 0 Å². The lowest BCUT2D eigenvalue weighted by Crippen LogP contribution is -2.11. The zero-order valence-electron chi connectivity index (χ0n) is 6.93. The van der Waals surface area contributed by atoms with Crippen molar-refractivity contribution in [2.75, 3.05) is 0 Å². The fraction of sp³-hybridized carbons (Fsp3) is 0.500. The van der Waals surface area contributed by atoms with E-state index in [2.05, 4.69) is 5.10 Å². The molecular weight excluding hydrogens is 178 g/mol. The molecule has 0 aromatic carbocycles. The molecule has 0 unspecified atom stereocenters. The van der Waals surface area contributed by atoms with Crippen LogP contribution in [0, 0.1) is 0 Å². The van der Waals surface area contributed by atoms with Crippen molar-refractivity contribution in [2.24, 2.45) is 5.14 Å². The van der Waals surface area contributed by atoms with Gasteiger partial charge in [0.1, 0.15) is 4.90 Å². The summed E-state index contributed by atoms with van der Waals surface area (Å²) in [4.78, 5) is 0.0520. The van der Waals surface area contributed by atoms with E-state index in [0.717, 1.165) is 0 Å². The van der Waals surface area contributed by atoms with Gasteiger partial charge in [-0.1, -0.05) is 0 Å². The molecule has 0 amide bonds. The third kappa shape index (κ3) is 1.83. The SMILES string of the molecule is CC(C)n1cc(S(N)(=O)=O)cn1. The van der Waals surface area contributed by atoms with Crippen molar-refractivity contribution in [3.05, 3.63) is 12.4 Å². The minimum absolute atomic E-state index is 0.0520. The second-order valence-electron chi connectivity index (χ2n) is 2.79. The van der Waals surface area contributed by atoms with Crippen LogP contribution in [0.3, 0.4) is 0 Å². The summed E-state index contributed by atoms with van der Waals surface area (Å²) in [5.74, 6) is 0. The molecule has 0 bridgehead atoms. The van der Waals surface area contributed by atoms with Gasteiger partial charge in [-0.2, -0.15) is 5.10 Å². The molecule has 2 N–H and O–H groups in total. The molecular formula is C6H11N3O2S. The first-order chi connectivity index (χ1) is 5.41. The van der Waals surface area contributed by atoms with Crippen LogP contribution in [0.4, 0.5) is 0 Å². The standard InChI is InChI=1S/C6H11N3O2S/c1-5(2)9-4-6(3-8-9)12(7,10)11/h3-5H,1-2H3,(H2,7,10,11). The lowest BCUT2D eigenvalue weighted by Gasteiger charge is -2.02. The van der Waals surface area contributed by atoms with Crippen LogP contribution in [0.2, 0.25) is 0 Å². The molecule has 1 aromatic heterocycles. The van der Waals surface area contributed by atoms with Crippen molar-refractivity contribution in [1.82, 2.24) is 9.78 Å². The number of rotatable bonds is 2. The summed E-state index contributed by atoms with van der Waals surface area (Å²) in [7, 11) is -3.60. The van der Waals surface area contributed by atoms with E-state index in [4.69, 9.17) is 5.14 Å². The number of hydrogen-bond donors (Lipinski definition) is 1. The molecule has 0 atom stereocenters. The maximum Gasteiger partial charge on any atom is 0.241 e. The van der Waals surface area contributed by atoms with Crippen molar-refractivity contribution < 1.29 is 8.42 Å². The van der Waals surface area contributed by atoms with Crippen LogP contribution in [0.1, 0.15) is 19.9 Å². The third-order valence-corrected chi connectivity index (χ3v) is 2.30. The van der Waals surface area contributed by atoms with Gasteiger partial charge in [0.05, 0.1) is 6.20 Å². The predicted octanol–water partition coefficient (Wildman–Crippen LogP) is 0.111. The van der Waals surface area contributed by atoms with Gasteiger partial charge in [-0.3, -0.25) is 4.68 Å². The van der Waals surface area contributed by atoms with E-state index in [0.29, 0.717) is 0 Å². The normalized spacial score (nSPS) is 12.3. The summed E-state index contributed by atoms with van der Waals surface area (Å²) in [5.41, 5.74) is 0. The minimum Gasteiger partial charge on any atom is -0.269 e. The first-order valence-electron chi connectivity index (χ1n) is 3.48. The maximum atomic E-state index is 10.8. The van der Waals surface area contributed by atoms with Crippen molar-refractivity contribution in [1.29, 1.82) is 0 Å². The van der Waals surface area contributed by atoms with Gasteiger partial charge in [-0.15, -0.1) is 0 Å². The highest BCUT2D eigenvalue weighted by Gasteiger charge is 2.11. The van der Waals surface area contributed by atoms with E-state index in [1.165, 1.54) is 12.4 Å². The first kappa shape index (κ1) is 9.21. The van der Waals surface area contributed by atoms with Gasteiger partial charge >= 0.3 is 0 Å². The molecule has 1 heterocycles. The average Bonchev–Trinajstić information content (AvgIpc) is 2.30. The van der Waals surface area contributed by atoms with Gasteiger partial charge in [0, 0.05) is 12.2 Å². The Labute approximate surface area is 71.2 Å². The molecule has 0 fully saturated rings. The Kier molecular flexibility index (Phi) is 2.20. The van der Waals surface area contributed by atoms with Gasteiger partial charge in [0.25, 0.3) is 0 Å². The predicted molar refractivity (Wildman–Crippen MR) is 44.0 cm³/mol. The van der Waals surface area contributed by atoms with Gasteiger partial charge in [-0.05, 0) is 13.8 Å². The summed E-state index contributed by atoms with van der Waals surface area (Å²) >= 11 is 0. The summed E-state index contributed by atoms with van der Waals surface area (Å²) in [6, 6.07) is 0.139. The van der Waals surface area contributed by atoms with E-state index in [-0.39, 0.29) is 10.9 Å². The Morgan fingerprint density at radius 1 is 1.58 bits per heavy atom. The summed E-state index contributed by atoms with van der Waals surface area (Å²) in [6.45, 7) is 3.81. The maximum absolute atomic E-state index is 10.8. The number of nitrogens with two attached hydrogens (primary N) is 1. The molecule has 0 aliphatic heterocycles. The van der Waals surface area contributed by atoms with E-state index < -0.39 is 10.0 Å². The molecule has 0 spiro atoms. The molecule has 12 heavy (non-hydrogen) atoms. The zero-order valence-corrected chi connectivity index (χ0v) is 7.75. The average molecular weight is 189 g/mol. The number of hydrogen-bond acceptors (Lipinski definition) is 3. The Morgan fingerprint density at radius 3 is 2.42 bits per heavy atom.